The Morgan fingerprint density at radius 3 is 1.93 bits per heavy atom. The molecule has 0 radical (unpaired) electrons. The fourth-order valence-corrected chi connectivity index (χ4v) is 4.32. The lowest BCUT2D eigenvalue weighted by molar-refractivity contribution is -0.115. The third-order valence-electron chi connectivity index (χ3n) is 4.19. The molecule has 1 atom stereocenters. The zero-order valence-corrected chi connectivity index (χ0v) is 16.5. The van der Waals surface area contributed by atoms with Gasteiger partial charge in [0.05, 0.1) is 5.75 Å². The van der Waals surface area contributed by atoms with Crippen LogP contribution in [0.25, 0.3) is 0 Å². The summed E-state index contributed by atoms with van der Waals surface area (Å²) in [7, 11) is 0. The first-order valence-corrected chi connectivity index (χ1v) is 10.1. The highest BCUT2D eigenvalue weighted by atomic mass is 35.5. The Bertz CT molecular complexity index is 943. The molecule has 1 saturated heterocycles. The SMILES string of the molecule is O=C1CSC(c2ccc(Cl)cc2)N1c1ccc(Oc2ccc(Cl)cc2)cc1. The van der Waals surface area contributed by atoms with Gasteiger partial charge in [0.25, 0.3) is 0 Å². The zero-order chi connectivity index (χ0) is 18.8. The number of ether oxygens (including phenoxy) is 1. The van der Waals surface area contributed by atoms with E-state index in [1.165, 1.54) is 0 Å². The fourth-order valence-electron chi connectivity index (χ4n) is 2.89. The minimum Gasteiger partial charge on any atom is -0.457 e. The number of amides is 1. The number of hydrogen-bond acceptors (Lipinski definition) is 3. The third-order valence-corrected chi connectivity index (χ3v) is 5.90. The van der Waals surface area contributed by atoms with E-state index in [1.807, 2.05) is 65.6 Å². The van der Waals surface area contributed by atoms with Crippen LogP contribution in [0.15, 0.2) is 72.8 Å². The summed E-state index contributed by atoms with van der Waals surface area (Å²) in [6.07, 6.45) is 0. The van der Waals surface area contributed by atoms with Crippen LogP contribution < -0.4 is 9.64 Å². The third kappa shape index (κ3) is 4.08. The maximum absolute atomic E-state index is 12.5. The lowest BCUT2D eigenvalue weighted by Crippen LogP contribution is -2.27. The minimum atomic E-state index is -0.0576. The molecule has 0 aromatic heterocycles. The summed E-state index contributed by atoms with van der Waals surface area (Å²) in [6, 6.07) is 22.3. The van der Waals surface area contributed by atoms with E-state index in [2.05, 4.69) is 0 Å². The molecule has 6 heteroatoms. The predicted molar refractivity (Wildman–Crippen MR) is 112 cm³/mol. The van der Waals surface area contributed by atoms with Gasteiger partial charge in [-0.05, 0) is 66.2 Å². The van der Waals surface area contributed by atoms with Crippen molar-refractivity contribution in [3.05, 3.63) is 88.4 Å². The van der Waals surface area contributed by atoms with Gasteiger partial charge in [-0.3, -0.25) is 9.69 Å². The lowest BCUT2D eigenvalue weighted by Gasteiger charge is -2.24. The van der Waals surface area contributed by atoms with E-state index in [9.17, 15) is 4.79 Å². The van der Waals surface area contributed by atoms with Crippen LogP contribution in [0, 0.1) is 0 Å². The lowest BCUT2D eigenvalue weighted by atomic mass is 10.2. The largest absolute Gasteiger partial charge is 0.457 e. The molecule has 0 aliphatic carbocycles. The number of nitrogens with zero attached hydrogens (tertiary/aromatic N) is 1. The van der Waals surface area contributed by atoms with E-state index in [1.54, 1.807) is 23.9 Å². The Morgan fingerprint density at radius 2 is 1.33 bits per heavy atom. The summed E-state index contributed by atoms with van der Waals surface area (Å²) in [4.78, 5) is 14.3. The molecule has 3 aromatic carbocycles. The molecule has 0 saturated carbocycles. The fraction of sp³-hybridized carbons (Fsp3) is 0.0952. The van der Waals surface area contributed by atoms with E-state index >= 15 is 0 Å². The van der Waals surface area contributed by atoms with Gasteiger partial charge in [0.2, 0.25) is 5.91 Å². The first-order valence-electron chi connectivity index (χ1n) is 8.33. The summed E-state index contributed by atoms with van der Waals surface area (Å²) in [6.45, 7) is 0. The molecular formula is C21H15Cl2NO2S. The number of hydrogen-bond donors (Lipinski definition) is 0. The van der Waals surface area contributed by atoms with Crippen molar-refractivity contribution in [3.8, 4) is 11.5 Å². The molecule has 0 N–H and O–H groups in total. The monoisotopic (exact) mass is 415 g/mol. The molecule has 1 amide bonds. The molecule has 27 heavy (non-hydrogen) atoms. The molecule has 1 fully saturated rings. The second-order valence-corrected chi connectivity index (χ2v) is 7.97. The van der Waals surface area contributed by atoms with Crippen molar-refractivity contribution in [1.29, 1.82) is 0 Å². The first-order chi connectivity index (χ1) is 13.1. The van der Waals surface area contributed by atoms with Crippen LogP contribution in [0.1, 0.15) is 10.9 Å². The minimum absolute atomic E-state index is 0.0576. The number of carbonyl (C=O) groups is 1. The Kier molecular flexibility index (Phi) is 5.30. The summed E-state index contributed by atoms with van der Waals surface area (Å²) < 4.78 is 5.82. The van der Waals surface area contributed by atoms with Crippen LogP contribution in [0.2, 0.25) is 10.0 Å². The van der Waals surface area contributed by atoms with Crippen LogP contribution in [0.4, 0.5) is 5.69 Å². The van der Waals surface area contributed by atoms with Crippen molar-refractivity contribution >= 4 is 46.6 Å². The van der Waals surface area contributed by atoms with E-state index in [0.717, 1.165) is 11.3 Å². The van der Waals surface area contributed by atoms with Crippen LogP contribution in [-0.4, -0.2) is 11.7 Å². The number of rotatable bonds is 4. The molecule has 1 heterocycles. The van der Waals surface area contributed by atoms with E-state index < -0.39 is 0 Å². The summed E-state index contributed by atoms with van der Waals surface area (Å²) >= 11 is 13.5. The topological polar surface area (TPSA) is 29.5 Å². The Labute approximate surface area is 171 Å². The van der Waals surface area contributed by atoms with Crippen molar-refractivity contribution in [2.24, 2.45) is 0 Å². The Hall–Kier alpha value is -2.14. The molecule has 0 bridgehead atoms. The van der Waals surface area contributed by atoms with Gasteiger partial charge in [-0.2, -0.15) is 0 Å². The van der Waals surface area contributed by atoms with Crippen molar-refractivity contribution in [3.63, 3.8) is 0 Å². The molecular weight excluding hydrogens is 401 g/mol. The van der Waals surface area contributed by atoms with Gasteiger partial charge < -0.3 is 4.74 Å². The van der Waals surface area contributed by atoms with Crippen LogP contribution in [0.5, 0.6) is 11.5 Å². The van der Waals surface area contributed by atoms with Gasteiger partial charge in [0.1, 0.15) is 16.9 Å². The van der Waals surface area contributed by atoms with Crippen molar-refractivity contribution in [1.82, 2.24) is 0 Å². The van der Waals surface area contributed by atoms with Crippen LogP contribution >= 0.6 is 35.0 Å². The highest BCUT2D eigenvalue weighted by Crippen LogP contribution is 2.42. The Morgan fingerprint density at radius 1 is 0.815 bits per heavy atom. The van der Waals surface area contributed by atoms with Gasteiger partial charge in [0, 0.05) is 15.7 Å². The zero-order valence-electron chi connectivity index (χ0n) is 14.1. The number of halogens is 2. The normalized spacial score (nSPS) is 16.6. The molecule has 0 spiro atoms. The van der Waals surface area contributed by atoms with Crippen LogP contribution in [-0.2, 0) is 4.79 Å². The second-order valence-electron chi connectivity index (χ2n) is 6.03. The van der Waals surface area contributed by atoms with Gasteiger partial charge in [-0.1, -0.05) is 35.3 Å². The molecule has 1 aliphatic heterocycles. The summed E-state index contributed by atoms with van der Waals surface area (Å²) in [5.74, 6) is 1.95. The molecule has 136 valence electrons. The summed E-state index contributed by atoms with van der Waals surface area (Å²) in [5, 5.41) is 1.29. The first kappa shape index (κ1) is 18.2. The maximum atomic E-state index is 12.5. The number of thioether (sulfide) groups is 1. The van der Waals surface area contributed by atoms with Crippen molar-refractivity contribution in [2.45, 2.75) is 5.37 Å². The van der Waals surface area contributed by atoms with Gasteiger partial charge in [0.15, 0.2) is 0 Å². The number of carbonyl (C=O) groups excluding carboxylic acids is 1. The van der Waals surface area contributed by atoms with E-state index in [0.29, 0.717) is 27.3 Å². The summed E-state index contributed by atoms with van der Waals surface area (Å²) in [5.41, 5.74) is 1.89. The predicted octanol–water partition coefficient (Wildman–Crippen LogP) is 6.56. The van der Waals surface area contributed by atoms with Gasteiger partial charge in [-0.25, -0.2) is 0 Å². The molecule has 1 unspecified atom stereocenters. The molecule has 4 rings (SSSR count). The Balaban J connectivity index is 1.55. The molecule has 3 nitrogen and oxygen atoms in total. The van der Waals surface area contributed by atoms with Crippen molar-refractivity contribution < 1.29 is 9.53 Å². The van der Waals surface area contributed by atoms with E-state index in [-0.39, 0.29) is 11.3 Å². The highest BCUT2D eigenvalue weighted by molar-refractivity contribution is 8.00. The standard InChI is InChI=1S/C21H15Cl2NO2S/c22-15-3-1-14(2-4-15)21-24(20(25)13-27-21)17-7-11-19(12-8-17)26-18-9-5-16(23)6-10-18/h1-12,21H,13H2. The molecule has 3 aromatic rings. The second kappa shape index (κ2) is 7.85. The van der Waals surface area contributed by atoms with Crippen molar-refractivity contribution in [2.75, 3.05) is 10.7 Å². The van der Waals surface area contributed by atoms with Gasteiger partial charge in [-0.15, -0.1) is 11.8 Å². The number of benzene rings is 3. The smallest absolute Gasteiger partial charge is 0.238 e. The average molecular weight is 416 g/mol. The average Bonchev–Trinajstić information content (AvgIpc) is 3.06. The quantitative estimate of drug-likeness (QED) is 0.482. The highest BCUT2D eigenvalue weighted by Gasteiger charge is 2.33. The van der Waals surface area contributed by atoms with Gasteiger partial charge >= 0.3 is 0 Å². The molecule has 1 aliphatic rings. The number of anilines is 1. The van der Waals surface area contributed by atoms with E-state index in [4.69, 9.17) is 27.9 Å². The van der Waals surface area contributed by atoms with Crippen LogP contribution in [0.3, 0.4) is 0 Å². The maximum Gasteiger partial charge on any atom is 0.238 e.